The van der Waals surface area contributed by atoms with Gasteiger partial charge in [-0.25, -0.2) is 5.43 Å². The average Bonchev–Trinajstić information content (AvgIpc) is 2.72. The number of anilines is 2. The number of carbonyl (C=O) groups excluding carboxylic acids is 1. The number of nitro groups is 1. The number of benzene rings is 3. The molecule has 3 rings (SSSR count). The van der Waals surface area contributed by atoms with Gasteiger partial charge in [0.2, 0.25) is 5.91 Å². The first-order valence-corrected chi connectivity index (χ1v) is 9.55. The van der Waals surface area contributed by atoms with Gasteiger partial charge in [-0.05, 0) is 29.8 Å². The van der Waals surface area contributed by atoms with E-state index >= 15 is 0 Å². The smallest absolute Gasteiger partial charge is 0.278 e. The van der Waals surface area contributed by atoms with E-state index < -0.39 is 4.92 Å². The summed E-state index contributed by atoms with van der Waals surface area (Å²) in [6, 6.07) is 18.5. The molecule has 30 heavy (non-hydrogen) atoms. The van der Waals surface area contributed by atoms with Gasteiger partial charge >= 0.3 is 0 Å². The molecule has 7 nitrogen and oxygen atoms in total. The summed E-state index contributed by atoms with van der Waals surface area (Å²) in [6.07, 6.45) is 1.27. The van der Waals surface area contributed by atoms with E-state index in [1.807, 2.05) is 6.07 Å². The highest BCUT2D eigenvalue weighted by Gasteiger charge is 2.12. The number of amides is 1. The van der Waals surface area contributed by atoms with Crippen LogP contribution in [0.5, 0.6) is 0 Å². The Morgan fingerprint density at radius 2 is 1.67 bits per heavy atom. The zero-order valence-electron chi connectivity index (χ0n) is 15.5. The minimum atomic E-state index is -0.509. The van der Waals surface area contributed by atoms with E-state index in [-0.39, 0.29) is 18.0 Å². The number of hydrogen-bond donors (Lipinski definition) is 2. The van der Waals surface area contributed by atoms with E-state index in [9.17, 15) is 14.9 Å². The number of nitrogens with one attached hydrogen (secondary N) is 2. The fraction of sp³-hybridized carbons (Fsp3) is 0.0476. The van der Waals surface area contributed by atoms with Gasteiger partial charge in [0, 0.05) is 11.8 Å². The van der Waals surface area contributed by atoms with Crippen LogP contribution in [0.2, 0.25) is 10.0 Å². The number of nitrogens with zero attached hydrogens (tertiary/aromatic N) is 2. The predicted molar refractivity (Wildman–Crippen MR) is 119 cm³/mol. The molecule has 0 heterocycles. The SMILES string of the molecule is O=C(Cc1ccccc1Nc1c(Cl)cccc1Cl)N/N=C/c1ccccc1[N+](=O)[O-]. The molecule has 0 aliphatic heterocycles. The van der Waals surface area contributed by atoms with Gasteiger partial charge in [-0.3, -0.25) is 14.9 Å². The van der Waals surface area contributed by atoms with Gasteiger partial charge < -0.3 is 5.32 Å². The van der Waals surface area contributed by atoms with Crippen molar-refractivity contribution in [1.29, 1.82) is 0 Å². The second kappa shape index (κ2) is 9.87. The highest BCUT2D eigenvalue weighted by atomic mass is 35.5. The summed E-state index contributed by atoms with van der Waals surface area (Å²) < 4.78 is 0. The summed E-state index contributed by atoms with van der Waals surface area (Å²) >= 11 is 12.4. The van der Waals surface area contributed by atoms with Gasteiger partial charge in [0.05, 0.1) is 38.9 Å². The molecule has 0 aliphatic carbocycles. The van der Waals surface area contributed by atoms with Crippen LogP contribution in [0.4, 0.5) is 17.1 Å². The maximum Gasteiger partial charge on any atom is 0.278 e. The summed E-state index contributed by atoms with van der Waals surface area (Å²) in [7, 11) is 0. The number of hydrazone groups is 1. The van der Waals surface area contributed by atoms with Crippen LogP contribution in [0, 0.1) is 10.1 Å². The number of carbonyl (C=O) groups is 1. The number of para-hydroxylation sites is 3. The maximum atomic E-state index is 12.3. The number of rotatable bonds is 7. The normalized spacial score (nSPS) is 10.7. The van der Waals surface area contributed by atoms with Crippen LogP contribution in [-0.2, 0) is 11.2 Å². The minimum absolute atomic E-state index is 0.0272. The monoisotopic (exact) mass is 442 g/mol. The first-order chi connectivity index (χ1) is 14.5. The Morgan fingerprint density at radius 1 is 1.00 bits per heavy atom. The predicted octanol–water partition coefficient (Wildman–Crippen LogP) is 5.34. The Balaban J connectivity index is 1.70. The van der Waals surface area contributed by atoms with E-state index in [1.165, 1.54) is 12.3 Å². The molecule has 0 unspecified atom stereocenters. The summed E-state index contributed by atoms with van der Waals surface area (Å²) in [5.74, 6) is -0.385. The quantitative estimate of drug-likeness (QED) is 0.293. The molecule has 0 fully saturated rings. The number of halogens is 2. The third kappa shape index (κ3) is 5.34. The Bertz CT molecular complexity index is 1100. The van der Waals surface area contributed by atoms with Crippen molar-refractivity contribution in [2.75, 3.05) is 5.32 Å². The molecule has 9 heteroatoms. The van der Waals surface area contributed by atoms with Crippen molar-refractivity contribution in [2.45, 2.75) is 6.42 Å². The maximum absolute atomic E-state index is 12.3. The van der Waals surface area contributed by atoms with Gasteiger partial charge in [-0.15, -0.1) is 0 Å². The van der Waals surface area contributed by atoms with Crippen LogP contribution in [0.25, 0.3) is 0 Å². The molecule has 0 atom stereocenters. The third-order valence-electron chi connectivity index (χ3n) is 4.12. The Hall–Kier alpha value is -3.42. The molecule has 2 N–H and O–H groups in total. The van der Waals surface area contributed by atoms with Crippen molar-refractivity contribution in [3.05, 3.63) is 98.0 Å². The molecule has 0 bridgehead atoms. The highest BCUT2D eigenvalue weighted by Crippen LogP contribution is 2.33. The second-order valence-electron chi connectivity index (χ2n) is 6.16. The summed E-state index contributed by atoms with van der Waals surface area (Å²) in [5.41, 5.74) is 4.50. The molecule has 0 spiro atoms. The molecule has 152 valence electrons. The van der Waals surface area contributed by atoms with Crippen LogP contribution in [0.3, 0.4) is 0 Å². The third-order valence-corrected chi connectivity index (χ3v) is 4.75. The van der Waals surface area contributed by atoms with Crippen LogP contribution < -0.4 is 10.7 Å². The van der Waals surface area contributed by atoms with Crippen molar-refractivity contribution in [1.82, 2.24) is 5.43 Å². The summed E-state index contributed by atoms with van der Waals surface area (Å²) in [5, 5.41) is 18.9. The fourth-order valence-corrected chi connectivity index (χ4v) is 3.19. The van der Waals surface area contributed by atoms with E-state index in [1.54, 1.807) is 54.6 Å². The van der Waals surface area contributed by atoms with Crippen LogP contribution >= 0.6 is 23.2 Å². The lowest BCUT2D eigenvalue weighted by atomic mass is 10.1. The van der Waals surface area contributed by atoms with Crippen molar-refractivity contribution in [2.24, 2.45) is 5.10 Å². The minimum Gasteiger partial charge on any atom is -0.353 e. The zero-order valence-corrected chi connectivity index (χ0v) is 17.0. The van der Waals surface area contributed by atoms with Crippen molar-refractivity contribution in [3.63, 3.8) is 0 Å². The van der Waals surface area contributed by atoms with E-state index in [4.69, 9.17) is 23.2 Å². The van der Waals surface area contributed by atoms with Gasteiger partial charge in [-0.1, -0.05) is 59.6 Å². The first-order valence-electron chi connectivity index (χ1n) is 8.80. The van der Waals surface area contributed by atoms with E-state index in [0.717, 1.165) is 0 Å². The number of hydrogen-bond acceptors (Lipinski definition) is 5. The molecular formula is C21H16Cl2N4O3. The van der Waals surface area contributed by atoms with Gasteiger partial charge in [-0.2, -0.15) is 5.10 Å². The molecule has 0 aliphatic rings. The molecule has 1 amide bonds. The van der Waals surface area contributed by atoms with Crippen LogP contribution in [-0.4, -0.2) is 17.0 Å². The van der Waals surface area contributed by atoms with Gasteiger partial charge in [0.1, 0.15) is 0 Å². The first kappa shape index (κ1) is 21.3. The van der Waals surface area contributed by atoms with Crippen molar-refractivity contribution < 1.29 is 9.72 Å². The molecule has 3 aromatic rings. The standard InChI is InChI=1S/C21H16Cl2N4O3/c22-16-8-5-9-17(23)21(16)25-18-10-3-1-6-14(18)12-20(28)26-24-13-15-7-2-4-11-19(15)27(29)30/h1-11,13,25H,12H2,(H,26,28)/b24-13+. The van der Waals surface area contributed by atoms with Crippen LogP contribution in [0.1, 0.15) is 11.1 Å². The number of nitro benzene ring substituents is 1. The van der Waals surface area contributed by atoms with E-state index in [2.05, 4.69) is 15.8 Å². The topological polar surface area (TPSA) is 96.6 Å². The second-order valence-corrected chi connectivity index (χ2v) is 6.98. The molecule has 0 radical (unpaired) electrons. The van der Waals surface area contributed by atoms with E-state index in [0.29, 0.717) is 32.5 Å². The lowest BCUT2D eigenvalue weighted by Crippen LogP contribution is -2.20. The lowest BCUT2D eigenvalue weighted by molar-refractivity contribution is -0.385. The average molecular weight is 443 g/mol. The Kier molecular flexibility index (Phi) is 7.00. The van der Waals surface area contributed by atoms with Crippen LogP contribution in [0.15, 0.2) is 71.8 Å². The van der Waals surface area contributed by atoms with Gasteiger partial charge in [0.25, 0.3) is 5.69 Å². The lowest BCUT2D eigenvalue weighted by Gasteiger charge is -2.14. The Morgan fingerprint density at radius 3 is 2.40 bits per heavy atom. The summed E-state index contributed by atoms with van der Waals surface area (Å²) in [6.45, 7) is 0. The molecule has 3 aromatic carbocycles. The molecule has 0 saturated carbocycles. The fourth-order valence-electron chi connectivity index (χ4n) is 2.70. The van der Waals surface area contributed by atoms with Gasteiger partial charge in [0.15, 0.2) is 0 Å². The zero-order chi connectivity index (χ0) is 21.5. The van der Waals surface area contributed by atoms with Crippen molar-refractivity contribution in [3.8, 4) is 0 Å². The van der Waals surface area contributed by atoms with Crippen molar-refractivity contribution >= 4 is 52.4 Å². The molecule has 0 aromatic heterocycles. The highest BCUT2D eigenvalue weighted by molar-refractivity contribution is 6.39. The molecule has 0 saturated heterocycles. The summed E-state index contributed by atoms with van der Waals surface area (Å²) in [4.78, 5) is 22.8. The Labute approximate surface area is 182 Å². The molecular weight excluding hydrogens is 427 g/mol. The largest absolute Gasteiger partial charge is 0.353 e.